The van der Waals surface area contributed by atoms with Gasteiger partial charge in [0.05, 0.1) is 31.0 Å². The number of hydrogen-bond acceptors (Lipinski definition) is 8. The number of carbonyl (C=O) groups excluding carboxylic acids is 2. The summed E-state index contributed by atoms with van der Waals surface area (Å²) in [6.07, 6.45) is 3.17. The summed E-state index contributed by atoms with van der Waals surface area (Å²) in [7, 11) is 3.18. The SMILES string of the molecule is COCCOc1cnc(C(=O)Cc2cccc(C3(C)CC(=O)N(C)C(N)=N3)c2)cn1. The molecule has 1 unspecified atom stereocenters. The standard InChI is InChI=1S/C21H25N5O4/c1-21(11-19(28)26(2)20(22)25-21)15-6-4-5-14(9-15)10-17(27)16-12-24-18(13-23-16)30-8-7-29-3/h4-6,9,12-13H,7-8,10-11H2,1-3H3,(H2,22,25). The summed E-state index contributed by atoms with van der Waals surface area (Å²) in [6, 6.07) is 7.46. The molecule has 3 rings (SSSR count). The predicted molar refractivity (Wildman–Crippen MR) is 110 cm³/mol. The van der Waals surface area contributed by atoms with E-state index in [1.807, 2.05) is 31.2 Å². The lowest BCUT2D eigenvalue weighted by atomic mass is 9.86. The molecule has 0 spiro atoms. The number of nitrogens with zero attached hydrogens (tertiary/aromatic N) is 4. The van der Waals surface area contributed by atoms with Crippen molar-refractivity contribution in [1.29, 1.82) is 0 Å². The number of Topliss-reactive ketones (excluding diaryl/α,β-unsaturated/α-hetero) is 1. The molecule has 0 aliphatic carbocycles. The Hall–Kier alpha value is -3.33. The maximum atomic E-state index is 12.6. The number of aromatic nitrogens is 2. The second kappa shape index (κ2) is 9.00. The fourth-order valence-electron chi connectivity index (χ4n) is 3.13. The van der Waals surface area contributed by atoms with E-state index >= 15 is 0 Å². The van der Waals surface area contributed by atoms with Crippen LogP contribution in [0.1, 0.15) is 35.0 Å². The van der Waals surface area contributed by atoms with Crippen LogP contribution in [-0.2, 0) is 21.5 Å². The van der Waals surface area contributed by atoms with E-state index in [4.69, 9.17) is 15.2 Å². The second-order valence-corrected chi connectivity index (χ2v) is 7.25. The van der Waals surface area contributed by atoms with Crippen molar-refractivity contribution in [2.45, 2.75) is 25.3 Å². The molecule has 2 N–H and O–H groups in total. The van der Waals surface area contributed by atoms with Gasteiger partial charge in [-0.3, -0.25) is 14.5 Å². The first-order valence-electron chi connectivity index (χ1n) is 9.50. The van der Waals surface area contributed by atoms with Crippen molar-refractivity contribution in [1.82, 2.24) is 14.9 Å². The Morgan fingerprint density at radius 1 is 1.27 bits per heavy atom. The number of guanidine groups is 1. The van der Waals surface area contributed by atoms with Gasteiger partial charge < -0.3 is 15.2 Å². The highest BCUT2D eigenvalue weighted by Crippen LogP contribution is 2.33. The summed E-state index contributed by atoms with van der Waals surface area (Å²) in [5.74, 6) is 0.240. The average Bonchev–Trinajstić information content (AvgIpc) is 2.73. The van der Waals surface area contributed by atoms with E-state index in [0.29, 0.717) is 19.1 Å². The molecule has 1 aromatic carbocycles. The monoisotopic (exact) mass is 411 g/mol. The number of benzene rings is 1. The van der Waals surface area contributed by atoms with Gasteiger partial charge in [-0.05, 0) is 18.1 Å². The molecule has 1 amide bonds. The number of rotatable bonds is 8. The number of aliphatic imine (C=N–C) groups is 1. The molecule has 9 nitrogen and oxygen atoms in total. The maximum absolute atomic E-state index is 12.6. The van der Waals surface area contributed by atoms with Gasteiger partial charge in [-0.2, -0.15) is 0 Å². The van der Waals surface area contributed by atoms with Crippen LogP contribution in [-0.4, -0.2) is 59.9 Å². The van der Waals surface area contributed by atoms with Crippen LogP contribution in [0.4, 0.5) is 0 Å². The average molecular weight is 411 g/mol. The van der Waals surface area contributed by atoms with E-state index in [0.717, 1.165) is 11.1 Å². The summed E-state index contributed by atoms with van der Waals surface area (Å²) < 4.78 is 10.3. The van der Waals surface area contributed by atoms with Crippen molar-refractivity contribution in [3.05, 3.63) is 53.5 Å². The van der Waals surface area contributed by atoms with E-state index in [1.54, 1.807) is 14.2 Å². The molecule has 0 bridgehead atoms. The lowest BCUT2D eigenvalue weighted by molar-refractivity contribution is -0.128. The van der Waals surface area contributed by atoms with Gasteiger partial charge in [0.2, 0.25) is 11.8 Å². The van der Waals surface area contributed by atoms with Crippen LogP contribution in [0, 0.1) is 0 Å². The minimum Gasteiger partial charge on any atom is -0.474 e. The first-order chi connectivity index (χ1) is 14.3. The first-order valence-corrected chi connectivity index (χ1v) is 9.50. The van der Waals surface area contributed by atoms with E-state index in [2.05, 4.69) is 15.0 Å². The van der Waals surface area contributed by atoms with Crippen LogP contribution in [0.15, 0.2) is 41.7 Å². The van der Waals surface area contributed by atoms with Gasteiger partial charge in [-0.1, -0.05) is 24.3 Å². The number of ether oxygens (including phenoxy) is 2. The van der Waals surface area contributed by atoms with Gasteiger partial charge in [0, 0.05) is 20.6 Å². The third-order valence-corrected chi connectivity index (χ3v) is 4.94. The molecule has 0 radical (unpaired) electrons. The highest BCUT2D eigenvalue weighted by Gasteiger charge is 2.36. The molecule has 1 aromatic heterocycles. The Morgan fingerprint density at radius 2 is 2.07 bits per heavy atom. The Morgan fingerprint density at radius 3 is 2.73 bits per heavy atom. The van der Waals surface area contributed by atoms with E-state index in [9.17, 15) is 9.59 Å². The van der Waals surface area contributed by atoms with E-state index in [-0.39, 0.29) is 36.2 Å². The minimum absolute atomic E-state index is 0.102. The molecule has 9 heteroatoms. The lowest BCUT2D eigenvalue weighted by Crippen LogP contribution is -2.47. The highest BCUT2D eigenvalue weighted by molar-refractivity contribution is 5.99. The van der Waals surface area contributed by atoms with Crippen molar-refractivity contribution in [3.63, 3.8) is 0 Å². The summed E-state index contributed by atoms with van der Waals surface area (Å²) in [4.78, 5) is 39.0. The smallest absolute Gasteiger partial charge is 0.232 e. The summed E-state index contributed by atoms with van der Waals surface area (Å²) in [5, 5.41) is 0. The maximum Gasteiger partial charge on any atom is 0.232 e. The predicted octanol–water partition coefficient (Wildman–Crippen LogP) is 1.32. The zero-order chi connectivity index (χ0) is 21.7. The van der Waals surface area contributed by atoms with Gasteiger partial charge >= 0.3 is 0 Å². The normalized spacial score (nSPS) is 18.8. The second-order valence-electron chi connectivity index (χ2n) is 7.25. The largest absolute Gasteiger partial charge is 0.474 e. The highest BCUT2D eigenvalue weighted by atomic mass is 16.5. The van der Waals surface area contributed by atoms with Gasteiger partial charge in [0.15, 0.2) is 11.7 Å². The Balaban J connectivity index is 1.72. The molecule has 2 heterocycles. The molecular formula is C21H25N5O4. The lowest BCUT2D eigenvalue weighted by Gasteiger charge is -2.33. The molecule has 1 aliphatic heterocycles. The molecular weight excluding hydrogens is 386 g/mol. The Labute approximate surface area is 174 Å². The van der Waals surface area contributed by atoms with Crippen LogP contribution in [0.2, 0.25) is 0 Å². The fraction of sp³-hybridized carbons (Fsp3) is 0.381. The number of carbonyl (C=O) groups is 2. The van der Waals surface area contributed by atoms with Crippen LogP contribution in [0.3, 0.4) is 0 Å². The van der Waals surface area contributed by atoms with Crippen molar-refractivity contribution in [2.75, 3.05) is 27.4 Å². The molecule has 2 aromatic rings. The molecule has 0 fully saturated rings. The Kier molecular flexibility index (Phi) is 6.41. The molecule has 0 saturated carbocycles. The minimum atomic E-state index is -0.770. The molecule has 158 valence electrons. The molecule has 0 saturated heterocycles. The molecule has 30 heavy (non-hydrogen) atoms. The Bertz CT molecular complexity index is 960. The van der Waals surface area contributed by atoms with Gasteiger partial charge in [-0.15, -0.1) is 0 Å². The molecule has 1 aliphatic rings. The van der Waals surface area contributed by atoms with E-state index in [1.165, 1.54) is 17.3 Å². The summed E-state index contributed by atoms with van der Waals surface area (Å²) in [6.45, 7) is 2.66. The van der Waals surface area contributed by atoms with Crippen molar-refractivity contribution in [2.24, 2.45) is 10.7 Å². The summed E-state index contributed by atoms with van der Waals surface area (Å²) in [5.41, 5.74) is 6.99. The van der Waals surface area contributed by atoms with Gasteiger partial charge in [0.1, 0.15) is 12.3 Å². The van der Waals surface area contributed by atoms with Crippen molar-refractivity contribution in [3.8, 4) is 5.88 Å². The zero-order valence-electron chi connectivity index (χ0n) is 17.3. The number of amides is 1. The third kappa shape index (κ3) is 4.80. The van der Waals surface area contributed by atoms with Crippen molar-refractivity contribution >= 4 is 17.6 Å². The number of hydrogen-bond donors (Lipinski definition) is 1. The van der Waals surface area contributed by atoms with Crippen LogP contribution >= 0.6 is 0 Å². The topological polar surface area (TPSA) is 120 Å². The first kappa shape index (κ1) is 21.4. The van der Waals surface area contributed by atoms with Crippen LogP contribution in [0.5, 0.6) is 5.88 Å². The van der Waals surface area contributed by atoms with Gasteiger partial charge in [0.25, 0.3) is 0 Å². The van der Waals surface area contributed by atoms with E-state index < -0.39 is 5.54 Å². The molecule has 1 atom stereocenters. The van der Waals surface area contributed by atoms with Crippen molar-refractivity contribution < 1.29 is 19.1 Å². The number of ketones is 1. The number of nitrogens with two attached hydrogens (primary N) is 1. The van der Waals surface area contributed by atoms with Crippen LogP contribution < -0.4 is 10.5 Å². The quantitative estimate of drug-likeness (QED) is 0.514. The van der Waals surface area contributed by atoms with Crippen LogP contribution in [0.25, 0.3) is 0 Å². The fourth-order valence-corrected chi connectivity index (χ4v) is 3.13. The number of methoxy groups -OCH3 is 1. The summed E-state index contributed by atoms with van der Waals surface area (Å²) >= 11 is 0. The third-order valence-electron chi connectivity index (χ3n) is 4.94. The zero-order valence-corrected chi connectivity index (χ0v) is 17.3. The van der Waals surface area contributed by atoms with Gasteiger partial charge in [-0.25, -0.2) is 15.0 Å².